The van der Waals surface area contributed by atoms with E-state index in [2.05, 4.69) is 10.3 Å². The normalized spacial score (nSPS) is 10.8. The molecule has 0 spiro atoms. The Balaban J connectivity index is 1.87. The van der Waals surface area contributed by atoms with E-state index in [9.17, 15) is 19.7 Å². The van der Waals surface area contributed by atoms with Gasteiger partial charge in [-0.15, -0.1) is 0 Å². The number of fused-ring (bicyclic) bond motifs is 1. The zero-order valence-electron chi connectivity index (χ0n) is 13.3. The third-order valence-electron chi connectivity index (χ3n) is 3.60. The smallest absolute Gasteiger partial charge is 0.271 e. The minimum Gasteiger partial charge on any atom is -0.322 e. The maximum Gasteiger partial charge on any atom is 0.271 e. The lowest BCUT2D eigenvalue weighted by atomic mass is 10.2. The number of hydrogen-bond acceptors (Lipinski definition) is 5. The summed E-state index contributed by atoms with van der Waals surface area (Å²) in [5.74, 6) is -0.564. The van der Waals surface area contributed by atoms with Crippen LogP contribution in [0.15, 0.2) is 41.5 Å². The zero-order chi connectivity index (χ0) is 19.7. The van der Waals surface area contributed by atoms with Gasteiger partial charge in [-0.3, -0.25) is 24.3 Å². The summed E-state index contributed by atoms with van der Waals surface area (Å²) >= 11 is 17.8. The van der Waals surface area contributed by atoms with Crippen LogP contribution < -0.4 is 10.9 Å². The van der Waals surface area contributed by atoms with Crippen LogP contribution in [0.4, 0.5) is 11.4 Å². The Bertz CT molecular complexity index is 1120. The van der Waals surface area contributed by atoms with Gasteiger partial charge in [-0.1, -0.05) is 34.8 Å². The molecule has 1 amide bonds. The molecule has 27 heavy (non-hydrogen) atoms. The molecule has 3 rings (SSSR count). The number of hydrogen-bond donors (Lipinski definition) is 1. The molecule has 0 fully saturated rings. The topological polar surface area (TPSA) is 107 Å². The second-order valence-corrected chi connectivity index (χ2v) is 6.68. The first kappa shape index (κ1) is 19.1. The van der Waals surface area contributed by atoms with Gasteiger partial charge >= 0.3 is 0 Å². The fourth-order valence-corrected chi connectivity index (χ4v) is 3.28. The molecule has 0 saturated carbocycles. The van der Waals surface area contributed by atoms with Crippen LogP contribution in [0.5, 0.6) is 0 Å². The van der Waals surface area contributed by atoms with Gasteiger partial charge in [0.05, 0.1) is 37.9 Å². The molecule has 8 nitrogen and oxygen atoms in total. The summed E-state index contributed by atoms with van der Waals surface area (Å²) in [7, 11) is 0. The summed E-state index contributed by atoms with van der Waals surface area (Å²) < 4.78 is 1.07. The Morgan fingerprint density at radius 3 is 2.48 bits per heavy atom. The van der Waals surface area contributed by atoms with Crippen molar-refractivity contribution >= 4 is 63.0 Å². The molecule has 0 aliphatic carbocycles. The second kappa shape index (κ2) is 7.51. The van der Waals surface area contributed by atoms with Gasteiger partial charge in [0.1, 0.15) is 6.54 Å². The van der Waals surface area contributed by atoms with Crippen LogP contribution in [-0.2, 0) is 11.3 Å². The maximum atomic E-state index is 12.5. The van der Waals surface area contributed by atoms with Crippen molar-refractivity contribution in [3.8, 4) is 0 Å². The van der Waals surface area contributed by atoms with Gasteiger partial charge in [0.2, 0.25) is 5.91 Å². The number of non-ortho nitro benzene ring substituents is 1. The summed E-state index contributed by atoms with van der Waals surface area (Å²) in [6.45, 7) is -0.353. The molecule has 0 atom stereocenters. The van der Waals surface area contributed by atoms with Gasteiger partial charge in [0.15, 0.2) is 0 Å². The van der Waals surface area contributed by atoms with Crippen LogP contribution in [-0.4, -0.2) is 20.4 Å². The van der Waals surface area contributed by atoms with Crippen molar-refractivity contribution in [2.24, 2.45) is 0 Å². The number of rotatable bonds is 4. The summed E-state index contributed by atoms with van der Waals surface area (Å²) in [4.78, 5) is 39.0. The van der Waals surface area contributed by atoms with Crippen molar-refractivity contribution < 1.29 is 9.72 Å². The lowest BCUT2D eigenvalue weighted by Gasteiger charge is -2.11. The van der Waals surface area contributed by atoms with Crippen molar-refractivity contribution in [3.05, 3.63) is 72.2 Å². The number of benzene rings is 2. The molecule has 138 valence electrons. The van der Waals surface area contributed by atoms with Crippen LogP contribution >= 0.6 is 34.8 Å². The van der Waals surface area contributed by atoms with E-state index in [4.69, 9.17) is 34.8 Å². The van der Waals surface area contributed by atoms with Crippen molar-refractivity contribution in [2.45, 2.75) is 6.54 Å². The van der Waals surface area contributed by atoms with Crippen LogP contribution in [0, 0.1) is 10.1 Å². The van der Waals surface area contributed by atoms with E-state index in [1.807, 2.05) is 0 Å². The fourth-order valence-electron chi connectivity index (χ4n) is 2.37. The van der Waals surface area contributed by atoms with Gasteiger partial charge in [0.25, 0.3) is 11.2 Å². The maximum absolute atomic E-state index is 12.5. The summed E-state index contributed by atoms with van der Waals surface area (Å²) in [6.07, 6.45) is 1.14. The average Bonchev–Trinajstić information content (AvgIpc) is 2.60. The fraction of sp³-hybridized carbons (Fsp3) is 0.0625. The van der Waals surface area contributed by atoms with E-state index in [0.29, 0.717) is 5.02 Å². The minimum atomic E-state index is -0.584. The van der Waals surface area contributed by atoms with E-state index in [0.717, 1.165) is 10.9 Å². The molecule has 1 N–H and O–H groups in total. The minimum absolute atomic E-state index is 0.150. The van der Waals surface area contributed by atoms with Gasteiger partial charge in [-0.25, -0.2) is 4.98 Å². The number of carbonyl (C=O) groups is 1. The Morgan fingerprint density at radius 2 is 1.85 bits per heavy atom. The first-order valence-corrected chi connectivity index (χ1v) is 8.47. The highest BCUT2D eigenvalue weighted by molar-refractivity contribution is 6.42. The van der Waals surface area contributed by atoms with E-state index in [1.165, 1.54) is 30.3 Å². The molecule has 11 heteroatoms. The zero-order valence-corrected chi connectivity index (χ0v) is 15.5. The van der Waals surface area contributed by atoms with Crippen molar-refractivity contribution in [1.29, 1.82) is 0 Å². The summed E-state index contributed by atoms with van der Waals surface area (Å²) in [5, 5.41) is 14.1. The quantitative estimate of drug-likeness (QED) is 0.502. The predicted octanol–water partition coefficient (Wildman–Crippen LogP) is 3.90. The number of amides is 1. The molecule has 2 aromatic carbocycles. The Hall–Kier alpha value is -2.68. The lowest BCUT2D eigenvalue weighted by molar-refractivity contribution is -0.384. The first-order valence-electron chi connectivity index (χ1n) is 7.34. The molecule has 0 saturated heterocycles. The molecule has 1 aromatic heterocycles. The number of nitro benzene ring substituents is 1. The van der Waals surface area contributed by atoms with E-state index < -0.39 is 16.4 Å². The van der Waals surface area contributed by atoms with Crippen molar-refractivity contribution in [3.63, 3.8) is 0 Å². The highest BCUT2D eigenvalue weighted by atomic mass is 35.5. The number of nitro groups is 1. The number of nitrogens with one attached hydrogen (secondary N) is 1. The highest BCUT2D eigenvalue weighted by Crippen LogP contribution is 2.33. The average molecular weight is 428 g/mol. The van der Waals surface area contributed by atoms with E-state index in [1.54, 1.807) is 0 Å². The molecule has 0 radical (unpaired) electrons. The highest BCUT2D eigenvalue weighted by Gasteiger charge is 2.14. The predicted molar refractivity (Wildman–Crippen MR) is 103 cm³/mol. The molecular formula is C16H9Cl3N4O4. The third-order valence-corrected chi connectivity index (χ3v) is 4.42. The summed E-state index contributed by atoms with van der Waals surface area (Å²) in [5.41, 5.74) is -0.366. The molecule has 0 aliphatic rings. The first-order chi connectivity index (χ1) is 12.8. The molecule has 0 bridgehead atoms. The van der Waals surface area contributed by atoms with Gasteiger partial charge in [-0.05, 0) is 18.2 Å². The standard InChI is InChI=1S/C16H9Cl3N4O4/c17-8-3-11(18)15(12(19)4-8)21-14(24)6-22-7-20-13-5-9(23(26)27)1-2-10(13)16(22)25/h1-5,7H,6H2,(H,21,24). The van der Waals surface area contributed by atoms with Crippen LogP contribution in [0.3, 0.4) is 0 Å². The largest absolute Gasteiger partial charge is 0.322 e. The van der Waals surface area contributed by atoms with E-state index >= 15 is 0 Å². The summed E-state index contributed by atoms with van der Waals surface area (Å²) in [6, 6.07) is 6.52. The van der Waals surface area contributed by atoms with Crippen molar-refractivity contribution in [2.75, 3.05) is 5.32 Å². The number of carbonyl (C=O) groups excluding carboxylic acids is 1. The molecule has 0 unspecified atom stereocenters. The molecule has 1 heterocycles. The molecular weight excluding hydrogens is 419 g/mol. The Morgan fingerprint density at radius 1 is 1.19 bits per heavy atom. The SMILES string of the molecule is O=C(Cn1cnc2cc([N+](=O)[O-])ccc2c1=O)Nc1c(Cl)cc(Cl)cc1Cl. The van der Waals surface area contributed by atoms with Crippen LogP contribution in [0.1, 0.15) is 0 Å². The van der Waals surface area contributed by atoms with Gasteiger partial charge in [-0.2, -0.15) is 0 Å². The molecule has 0 aliphatic heterocycles. The third kappa shape index (κ3) is 4.02. The molecule has 3 aromatic rings. The Labute approximate surface area is 166 Å². The van der Waals surface area contributed by atoms with E-state index in [-0.39, 0.29) is 38.9 Å². The number of halogens is 3. The second-order valence-electron chi connectivity index (χ2n) is 5.43. The van der Waals surface area contributed by atoms with Crippen LogP contribution in [0.25, 0.3) is 10.9 Å². The number of anilines is 1. The number of nitrogens with zero attached hydrogens (tertiary/aromatic N) is 3. The lowest BCUT2D eigenvalue weighted by Crippen LogP contribution is -2.28. The van der Waals surface area contributed by atoms with Crippen molar-refractivity contribution in [1.82, 2.24) is 9.55 Å². The Kier molecular flexibility index (Phi) is 5.31. The van der Waals surface area contributed by atoms with Gasteiger partial charge < -0.3 is 5.32 Å². The van der Waals surface area contributed by atoms with Gasteiger partial charge in [0, 0.05) is 17.2 Å². The monoisotopic (exact) mass is 426 g/mol. The van der Waals surface area contributed by atoms with Crippen LogP contribution in [0.2, 0.25) is 15.1 Å². The number of aromatic nitrogens is 2.